The van der Waals surface area contributed by atoms with Crippen LogP contribution in [0.2, 0.25) is 0 Å². The molecule has 3 aromatic heterocycles. The standard InChI is InChI=1S/C22H17N5O/c1-27-13-11-18(26-27)14-6-8-15(9-7-14)24-19-10-12-23-21-20(19)16-4-2-3-5-17(16)22(28)25-21/h2-13H,1H3,(H2,23,24,25,28). The molecule has 0 unspecified atom stereocenters. The van der Waals surface area contributed by atoms with Gasteiger partial charge in [0.05, 0.1) is 11.4 Å². The topological polar surface area (TPSA) is 75.6 Å². The van der Waals surface area contributed by atoms with Crippen LogP contribution in [0.25, 0.3) is 33.1 Å². The van der Waals surface area contributed by atoms with Gasteiger partial charge < -0.3 is 10.3 Å². The molecule has 0 amide bonds. The summed E-state index contributed by atoms with van der Waals surface area (Å²) in [7, 11) is 1.91. The number of aryl methyl sites for hydroxylation is 1. The minimum absolute atomic E-state index is 0.132. The van der Waals surface area contributed by atoms with Gasteiger partial charge in [0, 0.05) is 46.9 Å². The third-order valence-corrected chi connectivity index (χ3v) is 4.80. The van der Waals surface area contributed by atoms with Crippen molar-refractivity contribution < 1.29 is 0 Å². The molecular formula is C22H17N5O. The van der Waals surface area contributed by atoms with Crippen molar-refractivity contribution in [1.82, 2.24) is 19.7 Å². The van der Waals surface area contributed by atoms with Crippen molar-refractivity contribution >= 4 is 33.2 Å². The first-order valence-corrected chi connectivity index (χ1v) is 8.96. The van der Waals surface area contributed by atoms with E-state index in [0.29, 0.717) is 11.0 Å². The van der Waals surface area contributed by atoms with Crippen LogP contribution in [-0.4, -0.2) is 19.7 Å². The van der Waals surface area contributed by atoms with Gasteiger partial charge in [0.25, 0.3) is 5.56 Å². The molecule has 0 aliphatic heterocycles. The van der Waals surface area contributed by atoms with Gasteiger partial charge in [0.15, 0.2) is 0 Å². The Morgan fingerprint density at radius 1 is 0.964 bits per heavy atom. The Labute approximate surface area is 160 Å². The van der Waals surface area contributed by atoms with Gasteiger partial charge in [0.2, 0.25) is 0 Å². The molecule has 0 atom stereocenters. The van der Waals surface area contributed by atoms with Gasteiger partial charge in [-0.1, -0.05) is 30.3 Å². The number of aromatic nitrogens is 4. The zero-order chi connectivity index (χ0) is 19.1. The average molecular weight is 367 g/mol. The molecule has 5 aromatic rings. The monoisotopic (exact) mass is 367 g/mol. The Kier molecular flexibility index (Phi) is 3.69. The third-order valence-electron chi connectivity index (χ3n) is 4.80. The van der Waals surface area contributed by atoms with Crippen LogP contribution in [0.4, 0.5) is 11.4 Å². The Balaban J connectivity index is 1.58. The van der Waals surface area contributed by atoms with E-state index in [9.17, 15) is 4.79 Å². The predicted octanol–water partition coefficient (Wildman–Crippen LogP) is 4.22. The third kappa shape index (κ3) is 2.72. The summed E-state index contributed by atoms with van der Waals surface area (Å²) in [5, 5.41) is 10.3. The van der Waals surface area contributed by atoms with Crippen LogP contribution in [0.3, 0.4) is 0 Å². The van der Waals surface area contributed by atoms with Crippen LogP contribution in [0, 0.1) is 0 Å². The first-order chi connectivity index (χ1) is 13.7. The molecule has 0 saturated heterocycles. The van der Waals surface area contributed by atoms with E-state index in [4.69, 9.17) is 0 Å². The van der Waals surface area contributed by atoms with Crippen molar-refractivity contribution in [2.75, 3.05) is 5.32 Å². The number of benzene rings is 2. The molecule has 3 heterocycles. The Bertz CT molecular complexity index is 1370. The van der Waals surface area contributed by atoms with Gasteiger partial charge in [-0.05, 0) is 30.3 Å². The van der Waals surface area contributed by atoms with Crippen molar-refractivity contribution in [3.8, 4) is 11.3 Å². The molecule has 0 bridgehead atoms. The number of anilines is 2. The molecule has 136 valence electrons. The lowest BCUT2D eigenvalue weighted by molar-refractivity contribution is 0.771. The summed E-state index contributed by atoms with van der Waals surface area (Å²) in [5.74, 6) is 0. The number of fused-ring (bicyclic) bond motifs is 3. The van der Waals surface area contributed by atoms with Crippen LogP contribution in [0.5, 0.6) is 0 Å². The molecule has 2 N–H and O–H groups in total. The fourth-order valence-electron chi connectivity index (χ4n) is 3.46. The molecule has 0 spiro atoms. The molecular weight excluding hydrogens is 350 g/mol. The summed E-state index contributed by atoms with van der Waals surface area (Å²) < 4.78 is 1.79. The SMILES string of the molecule is Cn1ccc(-c2ccc(Nc3ccnc4[nH]c(=O)c5ccccc5c34)cc2)n1. The number of aromatic amines is 1. The number of hydrogen-bond donors (Lipinski definition) is 2. The molecule has 6 heteroatoms. The van der Waals surface area contributed by atoms with E-state index < -0.39 is 0 Å². The number of hydrogen-bond acceptors (Lipinski definition) is 4. The van der Waals surface area contributed by atoms with Crippen molar-refractivity contribution in [2.24, 2.45) is 7.05 Å². The Morgan fingerprint density at radius 3 is 2.50 bits per heavy atom. The normalized spacial score (nSPS) is 11.2. The molecule has 2 aromatic carbocycles. The van der Waals surface area contributed by atoms with Crippen molar-refractivity contribution in [1.29, 1.82) is 0 Å². The van der Waals surface area contributed by atoms with Crippen LogP contribution < -0.4 is 10.9 Å². The van der Waals surface area contributed by atoms with E-state index in [-0.39, 0.29) is 5.56 Å². The van der Waals surface area contributed by atoms with Gasteiger partial charge in [-0.15, -0.1) is 0 Å². The smallest absolute Gasteiger partial charge is 0.257 e. The number of nitrogens with zero attached hydrogens (tertiary/aromatic N) is 3. The summed E-state index contributed by atoms with van der Waals surface area (Å²) >= 11 is 0. The van der Waals surface area contributed by atoms with Crippen LogP contribution in [-0.2, 0) is 7.05 Å². The highest BCUT2D eigenvalue weighted by Crippen LogP contribution is 2.30. The summed E-state index contributed by atoms with van der Waals surface area (Å²) in [5.41, 5.74) is 4.27. The van der Waals surface area contributed by atoms with Gasteiger partial charge in [-0.2, -0.15) is 5.10 Å². The lowest BCUT2D eigenvalue weighted by Gasteiger charge is -2.11. The van der Waals surface area contributed by atoms with E-state index >= 15 is 0 Å². The van der Waals surface area contributed by atoms with Crippen LogP contribution in [0.1, 0.15) is 0 Å². The van der Waals surface area contributed by atoms with Gasteiger partial charge in [0.1, 0.15) is 5.65 Å². The van der Waals surface area contributed by atoms with E-state index in [1.807, 2.05) is 73.9 Å². The van der Waals surface area contributed by atoms with E-state index in [1.165, 1.54) is 0 Å². The van der Waals surface area contributed by atoms with Gasteiger partial charge >= 0.3 is 0 Å². The van der Waals surface area contributed by atoms with Crippen molar-refractivity contribution in [3.05, 3.63) is 83.4 Å². The molecule has 6 nitrogen and oxygen atoms in total. The maximum absolute atomic E-state index is 12.3. The van der Waals surface area contributed by atoms with Crippen LogP contribution in [0.15, 0.2) is 77.9 Å². The highest BCUT2D eigenvalue weighted by molar-refractivity contribution is 6.10. The summed E-state index contributed by atoms with van der Waals surface area (Å²) in [6, 6.07) is 19.6. The maximum atomic E-state index is 12.3. The molecule has 0 radical (unpaired) electrons. The van der Waals surface area contributed by atoms with E-state index in [2.05, 4.69) is 20.4 Å². The highest BCUT2D eigenvalue weighted by Gasteiger charge is 2.10. The minimum Gasteiger partial charge on any atom is -0.355 e. The first kappa shape index (κ1) is 16.3. The Hall–Kier alpha value is -3.93. The van der Waals surface area contributed by atoms with Crippen molar-refractivity contribution in [2.45, 2.75) is 0 Å². The number of nitrogens with one attached hydrogen (secondary N) is 2. The molecule has 0 aliphatic carbocycles. The minimum atomic E-state index is -0.132. The molecule has 0 aliphatic rings. The number of pyridine rings is 2. The Morgan fingerprint density at radius 2 is 1.75 bits per heavy atom. The molecule has 0 saturated carbocycles. The number of H-pyrrole nitrogens is 1. The summed E-state index contributed by atoms with van der Waals surface area (Å²) in [6.07, 6.45) is 3.62. The second-order valence-corrected chi connectivity index (χ2v) is 6.66. The summed E-state index contributed by atoms with van der Waals surface area (Å²) in [4.78, 5) is 19.5. The van der Waals surface area contributed by atoms with Crippen molar-refractivity contribution in [3.63, 3.8) is 0 Å². The average Bonchev–Trinajstić information content (AvgIpc) is 3.15. The second kappa shape index (κ2) is 6.35. The van der Waals surface area contributed by atoms with E-state index in [1.54, 1.807) is 10.9 Å². The highest BCUT2D eigenvalue weighted by atomic mass is 16.1. The molecule has 5 rings (SSSR count). The predicted molar refractivity (Wildman–Crippen MR) is 112 cm³/mol. The fraction of sp³-hybridized carbons (Fsp3) is 0.0455. The lowest BCUT2D eigenvalue weighted by Crippen LogP contribution is -2.08. The number of rotatable bonds is 3. The van der Waals surface area contributed by atoms with Gasteiger partial charge in [-0.25, -0.2) is 4.98 Å². The zero-order valence-electron chi connectivity index (χ0n) is 15.2. The van der Waals surface area contributed by atoms with Gasteiger partial charge in [-0.3, -0.25) is 9.48 Å². The fourth-order valence-corrected chi connectivity index (χ4v) is 3.46. The maximum Gasteiger partial charge on any atom is 0.257 e. The zero-order valence-corrected chi connectivity index (χ0v) is 15.2. The largest absolute Gasteiger partial charge is 0.355 e. The van der Waals surface area contributed by atoms with E-state index in [0.717, 1.165) is 33.4 Å². The quantitative estimate of drug-likeness (QED) is 0.468. The second-order valence-electron chi connectivity index (χ2n) is 6.66. The van der Waals surface area contributed by atoms with Crippen LogP contribution >= 0.6 is 0 Å². The summed E-state index contributed by atoms with van der Waals surface area (Å²) in [6.45, 7) is 0. The lowest BCUT2D eigenvalue weighted by atomic mass is 10.1. The molecule has 0 fully saturated rings. The molecule has 28 heavy (non-hydrogen) atoms. The first-order valence-electron chi connectivity index (χ1n) is 8.96.